The Kier molecular flexibility index (Phi) is 5.68. The Morgan fingerprint density at radius 1 is 1.47 bits per heavy atom. The summed E-state index contributed by atoms with van der Waals surface area (Å²) in [5, 5.41) is 0.597. The maximum atomic E-state index is 4.99. The average molecular weight is 290 g/mol. The standard InChI is InChI=1S/C11H16BrNOS/c1-8(2)15-11-4-3-9(5-6-14-13)7-10(11)12/h3-4,7-8H,5-6,13H2,1-2H3. The monoisotopic (exact) mass is 289 g/mol. The molecule has 0 fully saturated rings. The summed E-state index contributed by atoms with van der Waals surface area (Å²) in [7, 11) is 0. The van der Waals surface area contributed by atoms with Crippen LogP contribution in [0.25, 0.3) is 0 Å². The Hall–Kier alpha value is -0.0300. The third kappa shape index (κ3) is 4.55. The first kappa shape index (κ1) is 13.0. The smallest absolute Gasteiger partial charge is 0.0719 e. The van der Waals surface area contributed by atoms with Crippen LogP contribution < -0.4 is 5.90 Å². The fourth-order valence-electron chi connectivity index (χ4n) is 1.23. The highest BCUT2D eigenvalue weighted by molar-refractivity contribution is 9.10. The van der Waals surface area contributed by atoms with Crippen molar-refractivity contribution >= 4 is 27.7 Å². The highest BCUT2D eigenvalue weighted by Gasteiger charge is 2.04. The van der Waals surface area contributed by atoms with Crippen molar-refractivity contribution in [3.8, 4) is 0 Å². The number of nitrogens with two attached hydrogens (primary N) is 1. The molecule has 0 aliphatic heterocycles. The van der Waals surface area contributed by atoms with Gasteiger partial charge in [0.1, 0.15) is 0 Å². The van der Waals surface area contributed by atoms with Crippen molar-refractivity contribution in [1.29, 1.82) is 0 Å². The van der Waals surface area contributed by atoms with Crippen molar-refractivity contribution in [2.45, 2.75) is 30.4 Å². The lowest BCUT2D eigenvalue weighted by atomic mass is 10.2. The molecule has 0 spiro atoms. The summed E-state index contributed by atoms with van der Waals surface area (Å²) in [5.74, 6) is 4.99. The van der Waals surface area contributed by atoms with E-state index in [1.165, 1.54) is 10.5 Å². The molecule has 2 nitrogen and oxygen atoms in total. The molecule has 0 aliphatic carbocycles. The van der Waals surface area contributed by atoms with Gasteiger partial charge in [-0.15, -0.1) is 11.8 Å². The largest absolute Gasteiger partial charge is 0.304 e. The number of benzene rings is 1. The van der Waals surface area contributed by atoms with Gasteiger partial charge in [0.05, 0.1) is 6.61 Å². The average Bonchev–Trinajstić information content (AvgIpc) is 2.18. The molecule has 0 aliphatic rings. The number of rotatable bonds is 5. The Balaban J connectivity index is 2.70. The molecule has 1 rings (SSSR count). The van der Waals surface area contributed by atoms with Crippen LogP contribution >= 0.6 is 27.7 Å². The zero-order valence-electron chi connectivity index (χ0n) is 9.00. The van der Waals surface area contributed by atoms with Gasteiger partial charge in [-0.2, -0.15) is 0 Å². The van der Waals surface area contributed by atoms with Crippen LogP contribution in [0.3, 0.4) is 0 Å². The molecule has 0 saturated heterocycles. The van der Waals surface area contributed by atoms with Crippen LogP contribution in [0.5, 0.6) is 0 Å². The predicted octanol–water partition coefficient (Wildman–Crippen LogP) is 3.38. The molecule has 0 saturated carbocycles. The molecule has 0 heterocycles. The van der Waals surface area contributed by atoms with Crippen LogP contribution in [0.1, 0.15) is 19.4 Å². The van der Waals surface area contributed by atoms with Gasteiger partial charge < -0.3 is 4.84 Å². The highest BCUT2D eigenvalue weighted by atomic mass is 79.9. The van der Waals surface area contributed by atoms with Crippen molar-refractivity contribution in [2.24, 2.45) is 5.90 Å². The Bertz CT molecular complexity index is 317. The van der Waals surface area contributed by atoms with Crippen LogP contribution in [-0.4, -0.2) is 11.9 Å². The van der Waals surface area contributed by atoms with Gasteiger partial charge in [0, 0.05) is 14.6 Å². The summed E-state index contributed by atoms with van der Waals surface area (Å²) >= 11 is 5.43. The highest BCUT2D eigenvalue weighted by Crippen LogP contribution is 2.31. The minimum atomic E-state index is 0.559. The molecule has 84 valence electrons. The zero-order chi connectivity index (χ0) is 11.3. The molecule has 0 amide bonds. The number of thioether (sulfide) groups is 1. The van der Waals surface area contributed by atoms with Crippen LogP contribution in [0, 0.1) is 0 Å². The molecule has 0 aromatic heterocycles. The van der Waals surface area contributed by atoms with Gasteiger partial charge in [0.15, 0.2) is 0 Å². The van der Waals surface area contributed by atoms with Crippen LogP contribution in [0.2, 0.25) is 0 Å². The van der Waals surface area contributed by atoms with E-state index in [9.17, 15) is 0 Å². The molecule has 0 bridgehead atoms. The van der Waals surface area contributed by atoms with E-state index in [0.717, 1.165) is 10.9 Å². The molecule has 4 heteroatoms. The van der Waals surface area contributed by atoms with Crippen LogP contribution in [0.15, 0.2) is 27.6 Å². The topological polar surface area (TPSA) is 35.2 Å². The van der Waals surface area contributed by atoms with E-state index < -0.39 is 0 Å². The van der Waals surface area contributed by atoms with E-state index in [1.807, 2.05) is 11.8 Å². The maximum Gasteiger partial charge on any atom is 0.0719 e. The fourth-order valence-corrected chi connectivity index (χ4v) is 2.76. The quantitative estimate of drug-likeness (QED) is 0.667. The van der Waals surface area contributed by atoms with E-state index in [0.29, 0.717) is 11.9 Å². The van der Waals surface area contributed by atoms with Crippen molar-refractivity contribution in [3.05, 3.63) is 28.2 Å². The summed E-state index contributed by atoms with van der Waals surface area (Å²) in [4.78, 5) is 5.84. The van der Waals surface area contributed by atoms with Crippen LogP contribution in [0.4, 0.5) is 0 Å². The lowest BCUT2D eigenvalue weighted by Crippen LogP contribution is -2.03. The molecule has 15 heavy (non-hydrogen) atoms. The van der Waals surface area contributed by atoms with Gasteiger partial charge in [-0.05, 0) is 40.0 Å². The fraction of sp³-hybridized carbons (Fsp3) is 0.455. The summed E-state index contributed by atoms with van der Waals surface area (Å²) in [5.41, 5.74) is 1.24. The molecule has 0 radical (unpaired) electrons. The van der Waals surface area contributed by atoms with Gasteiger partial charge in [-0.25, -0.2) is 5.90 Å². The second kappa shape index (κ2) is 6.53. The summed E-state index contributed by atoms with van der Waals surface area (Å²) < 4.78 is 1.15. The molecule has 2 N–H and O–H groups in total. The number of hydrogen-bond acceptors (Lipinski definition) is 3. The second-order valence-electron chi connectivity index (χ2n) is 3.55. The third-order valence-electron chi connectivity index (χ3n) is 1.87. The SMILES string of the molecule is CC(C)Sc1ccc(CCON)cc1Br. The first-order valence-electron chi connectivity index (χ1n) is 4.90. The summed E-state index contributed by atoms with van der Waals surface area (Å²) in [6.07, 6.45) is 0.849. The van der Waals surface area contributed by atoms with E-state index in [-0.39, 0.29) is 0 Å². The van der Waals surface area contributed by atoms with Crippen molar-refractivity contribution in [3.63, 3.8) is 0 Å². The predicted molar refractivity (Wildman–Crippen MR) is 69.0 cm³/mol. The molecule has 1 aromatic carbocycles. The first-order chi connectivity index (χ1) is 7.13. The minimum Gasteiger partial charge on any atom is -0.304 e. The third-order valence-corrected chi connectivity index (χ3v) is 3.87. The molecular formula is C11H16BrNOS. The normalized spacial score (nSPS) is 11.0. The summed E-state index contributed by atoms with van der Waals surface area (Å²) in [6, 6.07) is 6.39. The molecule has 1 aromatic rings. The van der Waals surface area contributed by atoms with Gasteiger partial charge in [0.2, 0.25) is 0 Å². The second-order valence-corrected chi connectivity index (χ2v) is 6.02. The van der Waals surface area contributed by atoms with Crippen molar-refractivity contribution < 1.29 is 4.84 Å². The van der Waals surface area contributed by atoms with E-state index in [2.05, 4.69) is 52.8 Å². The lowest BCUT2D eigenvalue weighted by Gasteiger charge is -2.08. The van der Waals surface area contributed by atoms with Crippen LogP contribution in [-0.2, 0) is 11.3 Å². The van der Waals surface area contributed by atoms with E-state index in [4.69, 9.17) is 5.90 Å². The molecule has 0 atom stereocenters. The maximum absolute atomic E-state index is 4.99. The van der Waals surface area contributed by atoms with Gasteiger partial charge in [0.25, 0.3) is 0 Å². The zero-order valence-corrected chi connectivity index (χ0v) is 11.4. The Morgan fingerprint density at radius 2 is 2.20 bits per heavy atom. The number of hydrogen-bond donors (Lipinski definition) is 1. The van der Waals surface area contributed by atoms with Gasteiger partial charge in [-0.1, -0.05) is 19.9 Å². The number of halogens is 1. The van der Waals surface area contributed by atoms with E-state index in [1.54, 1.807) is 0 Å². The summed E-state index contributed by atoms with van der Waals surface area (Å²) in [6.45, 7) is 4.93. The van der Waals surface area contributed by atoms with Crippen molar-refractivity contribution in [2.75, 3.05) is 6.61 Å². The Labute approximate surface area is 104 Å². The van der Waals surface area contributed by atoms with E-state index >= 15 is 0 Å². The van der Waals surface area contributed by atoms with Gasteiger partial charge >= 0.3 is 0 Å². The molecule has 0 unspecified atom stereocenters. The van der Waals surface area contributed by atoms with Gasteiger partial charge in [-0.3, -0.25) is 0 Å². The minimum absolute atomic E-state index is 0.559. The molecular weight excluding hydrogens is 274 g/mol. The first-order valence-corrected chi connectivity index (χ1v) is 6.57. The lowest BCUT2D eigenvalue weighted by molar-refractivity contribution is 0.141. The Morgan fingerprint density at radius 3 is 2.73 bits per heavy atom. The van der Waals surface area contributed by atoms with Crippen molar-refractivity contribution in [1.82, 2.24) is 0 Å².